The molecule has 1 amide bonds. The number of nitrogens with zero attached hydrogens (tertiary/aromatic N) is 1. The molecule has 3 nitrogen and oxygen atoms in total. The number of hydrogen-bond donors (Lipinski definition) is 1. The highest BCUT2D eigenvalue weighted by atomic mass is 19.2. The van der Waals surface area contributed by atoms with Gasteiger partial charge in [0.25, 0.3) is 0 Å². The predicted molar refractivity (Wildman–Crippen MR) is 97.8 cm³/mol. The highest BCUT2D eigenvalue weighted by Crippen LogP contribution is 2.48. The lowest BCUT2D eigenvalue weighted by molar-refractivity contribution is -0.130. The second-order valence-electron chi connectivity index (χ2n) is 7.74. The number of likely N-dealkylation sites (tertiary alicyclic amines) is 1. The number of rotatable bonds is 3. The third kappa shape index (κ3) is 3.25. The number of benzene rings is 2. The van der Waals surface area contributed by atoms with Crippen molar-refractivity contribution in [2.24, 2.45) is 11.8 Å². The van der Waals surface area contributed by atoms with E-state index in [2.05, 4.69) is 0 Å². The smallest absolute Gasteiger partial charge is 0.227 e. The molecule has 2 aromatic rings. The molecule has 0 unspecified atom stereocenters. The van der Waals surface area contributed by atoms with Crippen molar-refractivity contribution in [3.05, 3.63) is 71.3 Å². The van der Waals surface area contributed by atoms with Crippen LogP contribution in [0.5, 0.6) is 0 Å². The molecule has 0 radical (unpaired) electrons. The molecule has 0 bridgehead atoms. The topological polar surface area (TPSA) is 40.5 Å². The van der Waals surface area contributed by atoms with Crippen molar-refractivity contribution in [3.63, 3.8) is 0 Å². The third-order valence-corrected chi connectivity index (χ3v) is 6.19. The first kappa shape index (κ1) is 18.1. The number of carbonyl (C=O) groups is 1. The molecule has 5 heteroatoms. The van der Waals surface area contributed by atoms with Gasteiger partial charge in [-0.15, -0.1) is 0 Å². The summed E-state index contributed by atoms with van der Waals surface area (Å²) in [4.78, 5) is 14.4. The van der Waals surface area contributed by atoms with Crippen LogP contribution in [-0.2, 0) is 16.8 Å². The molecule has 2 aromatic carbocycles. The Kier molecular flexibility index (Phi) is 4.72. The zero-order chi connectivity index (χ0) is 19.0. The van der Waals surface area contributed by atoms with Crippen molar-refractivity contribution in [3.8, 4) is 0 Å². The minimum atomic E-state index is -0.955. The molecule has 2 fully saturated rings. The van der Waals surface area contributed by atoms with Crippen LogP contribution < -0.4 is 0 Å². The summed E-state index contributed by atoms with van der Waals surface area (Å²) >= 11 is 0. The highest BCUT2D eigenvalue weighted by molar-refractivity contribution is 5.79. The van der Waals surface area contributed by atoms with Crippen LogP contribution in [-0.4, -0.2) is 29.0 Å². The quantitative estimate of drug-likeness (QED) is 0.895. The fourth-order valence-electron chi connectivity index (χ4n) is 4.77. The van der Waals surface area contributed by atoms with Gasteiger partial charge in [0.05, 0.1) is 12.0 Å². The molecule has 1 N–H and O–H groups in total. The lowest BCUT2D eigenvalue weighted by atomic mass is 9.67. The van der Waals surface area contributed by atoms with Gasteiger partial charge < -0.3 is 10.0 Å². The normalized spacial score (nSPS) is 27.4. The first-order valence-electron chi connectivity index (χ1n) is 9.47. The van der Waals surface area contributed by atoms with Gasteiger partial charge in [-0.05, 0) is 36.8 Å². The molecule has 1 saturated carbocycles. The molecule has 0 spiro atoms. The molecule has 0 aromatic heterocycles. The summed E-state index contributed by atoms with van der Waals surface area (Å²) in [7, 11) is 0. The van der Waals surface area contributed by atoms with Crippen LogP contribution in [0.4, 0.5) is 8.78 Å². The SMILES string of the molecule is O=C(Cc1cccc(F)c1F)N1C[C@H]2CCC[C@](O)(c3ccccc3)[C@H]2C1. The summed E-state index contributed by atoms with van der Waals surface area (Å²) in [5.41, 5.74) is 0.0296. The highest BCUT2D eigenvalue weighted by Gasteiger charge is 2.50. The maximum atomic E-state index is 13.9. The molecule has 142 valence electrons. The van der Waals surface area contributed by atoms with Gasteiger partial charge in [0, 0.05) is 24.6 Å². The van der Waals surface area contributed by atoms with Crippen molar-refractivity contribution >= 4 is 5.91 Å². The van der Waals surface area contributed by atoms with E-state index < -0.39 is 17.2 Å². The van der Waals surface area contributed by atoms with E-state index in [9.17, 15) is 18.7 Å². The van der Waals surface area contributed by atoms with Crippen LogP contribution in [0.3, 0.4) is 0 Å². The standard InChI is InChI=1S/C22H23F2NO2/c23-19-10-4-6-15(21(19)24)12-20(26)25-13-16-7-5-11-22(27,18(16)14-25)17-8-2-1-3-9-17/h1-4,6,8-10,16,18,27H,5,7,11-14H2/t16-,18+,22+/m1/s1. The Balaban J connectivity index is 1.53. The fourth-order valence-corrected chi connectivity index (χ4v) is 4.77. The predicted octanol–water partition coefficient (Wildman–Crippen LogP) is 3.65. The van der Waals surface area contributed by atoms with Crippen molar-refractivity contribution in [1.29, 1.82) is 0 Å². The Bertz CT molecular complexity index is 841. The van der Waals surface area contributed by atoms with E-state index >= 15 is 0 Å². The van der Waals surface area contributed by atoms with Gasteiger partial charge in [0.15, 0.2) is 11.6 Å². The number of fused-ring (bicyclic) bond motifs is 1. The van der Waals surface area contributed by atoms with Gasteiger partial charge in [-0.1, -0.05) is 42.5 Å². The molecular formula is C22H23F2NO2. The zero-order valence-electron chi connectivity index (χ0n) is 15.1. The summed E-state index contributed by atoms with van der Waals surface area (Å²) in [6.07, 6.45) is 2.40. The maximum Gasteiger partial charge on any atom is 0.227 e. The van der Waals surface area contributed by atoms with Crippen LogP contribution >= 0.6 is 0 Å². The van der Waals surface area contributed by atoms with E-state index in [0.29, 0.717) is 19.5 Å². The molecule has 1 saturated heterocycles. The Morgan fingerprint density at radius 2 is 1.89 bits per heavy atom. The summed E-state index contributed by atoms with van der Waals surface area (Å²) < 4.78 is 27.3. The summed E-state index contributed by atoms with van der Waals surface area (Å²) in [6.45, 7) is 1.02. The minimum Gasteiger partial charge on any atom is -0.385 e. The lowest BCUT2D eigenvalue weighted by Crippen LogP contribution is -2.43. The summed E-state index contributed by atoms with van der Waals surface area (Å²) in [5.74, 6) is -1.92. The first-order chi connectivity index (χ1) is 13.0. The Morgan fingerprint density at radius 3 is 2.67 bits per heavy atom. The van der Waals surface area contributed by atoms with E-state index in [1.807, 2.05) is 30.3 Å². The van der Waals surface area contributed by atoms with E-state index in [1.54, 1.807) is 4.90 Å². The minimum absolute atomic E-state index is 0.0324. The van der Waals surface area contributed by atoms with Crippen LogP contribution in [0.25, 0.3) is 0 Å². The number of amides is 1. The van der Waals surface area contributed by atoms with Crippen LogP contribution in [0.15, 0.2) is 48.5 Å². The maximum absolute atomic E-state index is 13.9. The van der Waals surface area contributed by atoms with Crippen molar-refractivity contribution in [2.45, 2.75) is 31.3 Å². The largest absolute Gasteiger partial charge is 0.385 e. The molecular weight excluding hydrogens is 348 g/mol. The summed E-state index contributed by atoms with van der Waals surface area (Å²) in [5, 5.41) is 11.4. The number of hydrogen-bond acceptors (Lipinski definition) is 2. The average Bonchev–Trinajstić information content (AvgIpc) is 3.12. The molecule has 4 rings (SSSR count). The van der Waals surface area contributed by atoms with E-state index in [4.69, 9.17) is 0 Å². The van der Waals surface area contributed by atoms with Crippen LogP contribution in [0.2, 0.25) is 0 Å². The van der Waals surface area contributed by atoms with Gasteiger partial charge >= 0.3 is 0 Å². The van der Waals surface area contributed by atoms with E-state index in [1.165, 1.54) is 12.1 Å². The second-order valence-corrected chi connectivity index (χ2v) is 7.74. The summed E-state index contributed by atoms with van der Waals surface area (Å²) in [6, 6.07) is 13.5. The molecule has 3 atom stereocenters. The van der Waals surface area contributed by atoms with Gasteiger partial charge in [-0.25, -0.2) is 8.78 Å². The molecule has 2 aliphatic rings. The van der Waals surface area contributed by atoms with Crippen molar-refractivity contribution in [2.75, 3.05) is 13.1 Å². The Labute approximate surface area is 157 Å². The van der Waals surface area contributed by atoms with Crippen LogP contribution in [0.1, 0.15) is 30.4 Å². The molecule has 27 heavy (non-hydrogen) atoms. The van der Waals surface area contributed by atoms with Gasteiger partial charge in [-0.3, -0.25) is 4.79 Å². The van der Waals surface area contributed by atoms with Crippen molar-refractivity contribution < 1.29 is 18.7 Å². The second kappa shape index (κ2) is 7.04. The Morgan fingerprint density at radius 1 is 1.11 bits per heavy atom. The first-order valence-corrected chi connectivity index (χ1v) is 9.47. The van der Waals surface area contributed by atoms with Gasteiger partial charge in [-0.2, -0.15) is 0 Å². The number of carbonyl (C=O) groups excluding carboxylic acids is 1. The number of halogens is 2. The monoisotopic (exact) mass is 371 g/mol. The number of aliphatic hydroxyl groups is 1. The van der Waals surface area contributed by atoms with E-state index in [0.717, 1.165) is 24.5 Å². The average molecular weight is 371 g/mol. The van der Waals surface area contributed by atoms with Gasteiger partial charge in [0.1, 0.15) is 0 Å². The van der Waals surface area contributed by atoms with Crippen LogP contribution in [0, 0.1) is 23.5 Å². The Hall–Kier alpha value is -2.27. The molecule has 1 aliphatic heterocycles. The fraction of sp³-hybridized carbons (Fsp3) is 0.409. The lowest BCUT2D eigenvalue weighted by Gasteiger charge is -2.41. The van der Waals surface area contributed by atoms with E-state index in [-0.39, 0.29) is 29.7 Å². The third-order valence-electron chi connectivity index (χ3n) is 6.19. The van der Waals surface area contributed by atoms with Gasteiger partial charge in [0.2, 0.25) is 5.91 Å². The molecule has 1 heterocycles. The van der Waals surface area contributed by atoms with Crippen molar-refractivity contribution in [1.82, 2.24) is 4.90 Å². The zero-order valence-corrected chi connectivity index (χ0v) is 15.1. The molecule has 1 aliphatic carbocycles.